The standard InChI is InChI=1S/C14H15FN8/c1-21-9-20-11-13(21)18-8-19-14(11)23-4-2-22(3-5-23)12-10(15)6-16-7-17-12/h6-9H,2-5H2,1H3. The van der Waals surface area contributed by atoms with Crippen molar-refractivity contribution in [3.05, 3.63) is 31.0 Å². The number of anilines is 2. The van der Waals surface area contributed by atoms with Gasteiger partial charge in [0.05, 0.1) is 12.5 Å². The molecule has 0 radical (unpaired) electrons. The summed E-state index contributed by atoms with van der Waals surface area (Å²) < 4.78 is 15.7. The van der Waals surface area contributed by atoms with Crippen molar-refractivity contribution in [1.29, 1.82) is 0 Å². The van der Waals surface area contributed by atoms with Crippen LogP contribution in [0.4, 0.5) is 16.0 Å². The van der Waals surface area contributed by atoms with Crippen molar-refractivity contribution in [1.82, 2.24) is 29.5 Å². The van der Waals surface area contributed by atoms with Gasteiger partial charge in [-0.2, -0.15) is 0 Å². The summed E-state index contributed by atoms with van der Waals surface area (Å²) in [6.07, 6.45) is 5.84. The van der Waals surface area contributed by atoms with Gasteiger partial charge in [-0.25, -0.2) is 29.3 Å². The van der Waals surface area contributed by atoms with Gasteiger partial charge in [0.1, 0.15) is 12.7 Å². The van der Waals surface area contributed by atoms with Crippen molar-refractivity contribution in [3.8, 4) is 0 Å². The van der Waals surface area contributed by atoms with E-state index in [0.717, 1.165) is 17.0 Å². The first-order valence-electron chi connectivity index (χ1n) is 7.31. The first kappa shape index (κ1) is 13.8. The molecule has 0 unspecified atom stereocenters. The third kappa shape index (κ3) is 2.33. The van der Waals surface area contributed by atoms with Gasteiger partial charge in [-0.15, -0.1) is 0 Å². The van der Waals surface area contributed by atoms with Crippen molar-refractivity contribution in [2.45, 2.75) is 0 Å². The molecule has 3 aromatic heterocycles. The zero-order valence-electron chi connectivity index (χ0n) is 12.6. The molecule has 0 atom stereocenters. The lowest BCUT2D eigenvalue weighted by molar-refractivity contribution is 0.581. The molecule has 0 saturated carbocycles. The average Bonchev–Trinajstić information content (AvgIpc) is 2.97. The maximum absolute atomic E-state index is 13.8. The largest absolute Gasteiger partial charge is 0.351 e. The van der Waals surface area contributed by atoms with Crippen LogP contribution in [0.25, 0.3) is 11.2 Å². The molecule has 23 heavy (non-hydrogen) atoms. The molecule has 0 aromatic carbocycles. The smallest absolute Gasteiger partial charge is 0.183 e. The molecule has 0 amide bonds. The third-order valence-electron chi connectivity index (χ3n) is 4.00. The molecule has 3 aromatic rings. The number of piperazine rings is 1. The van der Waals surface area contributed by atoms with Gasteiger partial charge in [-0.1, -0.05) is 0 Å². The van der Waals surface area contributed by atoms with Crippen molar-refractivity contribution in [2.24, 2.45) is 7.05 Å². The number of nitrogens with zero attached hydrogens (tertiary/aromatic N) is 8. The highest BCUT2D eigenvalue weighted by atomic mass is 19.1. The van der Waals surface area contributed by atoms with E-state index in [2.05, 4.69) is 29.8 Å². The van der Waals surface area contributed by atoms with Gasteiger partial charge in [0, 0.05) is 33.2 Å². The van der Waals surface area contributed by atoms with Crippen LogP contribution in [0.15, 0.2) is 25.2 Å². The fourth-order valence-electron chi connectivity index (χ4n) is 2.83. The molecular weight excluding hydrogens is 299 g/mol. The lowest BCUT2D eigenvalue weighted by atomic mass is 10.3. The predicted molar refractivity (Wildman–Crippen MR) is 82.7 cm³/mol. The van der Waals surface area contributed by atoms with Crippen LogP contribution in [0.2, 0.25) is 0 Å². The Morgan fingerprint density at radius 3 is 2.35 bits per heavy atom. The number of fused-ring (bicyclic) bond motifs is 1. The van der Waals surface area contributed by atoms with Gasteiger partial charge >= 0.3 is 0 Å². The number of aromatic nitrogens is 6. The van der Waals surface area contributed by atoms with Gasteiger partial charge in [0.15, 0.2) is 28.6 Å². The quantitative estimate of drug-likeness (QED) is 0.686. The Morgan fingerprint density at radius 2 is 1.61 bits per heavy atom. The second-order valence-corrected chi connectivity index (χ2v) is 5.39. The number of halogens is 1. The fourth-order valence-corrected chi connectivity index (χ4v) is 2.83. The Morgan fingerprint density at radius 1 is 0.913 bits per heavy atom. The van der Waals surface area contributed by atoms with E-state index >= 15 is 0 Å². The minimum atomic E-state index is -0.393. The molecule has 0 spiro atoms. The van der Waals surface area contributed by atoms with Crippen LogP contribution >= 0.6 is 0 Å². The highest BCUT2D eigenvalue weighted by molar-refractivity contribution is 5.83. The first-order valence-corrected chi connectivity index (χ1v) is 7.31. The van der Waals surface area contributed by atoms with Crippen molar-refractivity contribution in [2.75, 3.05) is 36.0 Å². The molecule has 0 aliphatic carbocycles. The molecule has 1 aliphatic heterocycles. The van der Waals surface area contributed by atoms with Gasteiger partial charge in [0.25, 0.3) is 0 Å². The molecule has 4 rings (SSSR count). The van der Waals surface area contributed by atoms with Crippen LogP contribution in [-0.2, 0) is 7.05 Å². The van der Waals surface area contributed by atoms with E-state index < -0.39 is 5.82 Å². The van der Waals surface area contributed by atoms with Crippen molar-refractivity contribution < 1.29 is 4.39 Å². The lowest BCUT2D eigenvalue weighted by Gasteiger charge is -2.35. The number of imidazole rings is 1. The highest BCUT2D eigenvalue weighted by Gasteiger charge is 2.23. The number of aryl methyl sites for hydroxylation is 1. The maximum atomic E-state index is 13.8. The van der Waals surface area contributed by atoms with Crippen LogP contribution in [0.5, 0.6) is 0 Å². The van der Waals surface area contributed by atoms with Gasteiger partial charge in [0.2, 0.25) is 0 Å². The second kappa shape index (κ2) is 5.41. The molecular formula is C14H15FN8. The van der Waals surface area contributed by atoms with Crippen molar-refractivity contribution >= 4 is 22.8 Å². The Bertz CT molecular complexity index is 840. The molecule has 9 heteroatoms. The Hall–Kier alpha value is -2.84. The van der Waals surface area contributed by atoms with E-state index in [9.17, 15) is 4.39 Å². The molecule has 0 N–H and O–H groups in total. The van der Waals surface area contributed by atoms with E-state index in [1.165, 1.54) is 12.5 Å². The van der Waals surface area contributed by atoms with Crippen LogP contribution in [0.1, 0.15) is 0 Å². The van der Waals surface area contributed by atoms with Gasteiger partial charge < -0.3 is 14.4 Å². The summed E-state index contributed by atoms with van der Waals surface area (Å²) in [6.45, 7) is 2.75. The Kier molecular flexibility index (Phi) is 3.25. The summed E-state index contributed by atoms with van der Waals surface area (Å²) >= 11 is 0. The van der Waals surface area contributed by atoms with Crippen LogP contribution < -0.4 is 9.80 Å². The summed E-state index contributed by atoms with van der Waals surface area (Å²) in [7, 11) is 1.90. The summed E-state index contributed by atoms with van der Waals surface area (Å²) in [5.41, 5.74) is 1.59. The molecule has 4 heterocycles. The summed E-state index contributed by atoms with van der Waals surface area (Å²) in [4.78, 5) is 24.8. The topological polar surface area (TPSA) is 75.9 Å². The summed E-state index contributed by atoms with van der Waals surface area (Å²) in [6, 6.07) is 0. The minimum Gasteiger partial charge on any atom is -0.351 e. The Balaban J connectivity index is 1.56. The van der Waals surface area contributed by atoms with Gasteiger partial charge in [-0.3, -0.25) is 0 Å². The van der Waals surface area contributed by atoms with Crippen molar-refractivity contribution in [3.63, 3.8) is 0 Å². The van der Waals surface area contributed by atoms with E-state index in [-0.39, 0.29) is 0 Å². The first-order chi connectivity index (χ1) is 11.2. The van der Waals surface area contributed by atoms with Gasteiger partial charge in [-0.05, 0) is 0 Å². The fraction of sp³-hybridized carbons (Fsp3) is 0.357. The number of hydrogen-bond donors (Lipinski definition) is 0. The van der Waals surface area contributed by atoms with E-state index in [1.807, 2.05) is 16.5 Å². The normalized spacial score (nSPS) is 15.4. The predicted octanol–water partition coefficient (Wildman–Crippen LogP) is 0.619. The van der Waals surface area contributed by atoms with Crippen LogP contribution in [0.3, 0.4) is 0 Å². The summed E-state index contributed by atoms with van der Waals surface area (Å²) in [5.74, 6) is 0.777. The van der Waals surface area contributed by atoms with E-state index in [1.54, 1.807) is 12.7 Å². The van der Waals surface area contributed by atoms with E-state index in [0.29, 0.717) is 32.0 Å². The summed E-state index contributed by atoms with van der Waals surface area (Å²) in [5, 5.41) is 0. The molecule has 1 fully saturated rings. The number of hydrogen-bond acceptors (Lipinski definition) is 7. The monoisotopic (exact) mass is 314 g/mol. The average molecular weight is 314 g/mol. The second-order valence-electron chi connectivity index (χ2n) is 5.39. The van der Waals surface area contributed by atoms with Crippen LogP contribution in [-0.4, -0.2) is 55.7 Å². The number of rotatable bonds is 2. The third-order valence-corrected chi connectivity index (χ3v) is 4.00. The molecule has 1 aliphatic rings. The molecule has 8 nitrogen and oxygen atoms in total. The van der Waals surface area contributed by atoms with E-state index in [4.69, 9.17) is 0 Å². The lowest BCUT2D eigenvalue weighted by Crippen LogP contribution is -2.47. The SMILES string of the molecule is Cn1cnc2c(N3CCN(c4ncncc4F)CC3)ncnc21. The highest BCUT2D eigenvalue weighted by Crippen LogP contribution is 2.23. The van der Waals surface area contributed by atoms with Crippen LogP contribution in [0, 0.1) is 5.82 Å². The Labute approximate surface area is 131 Å². The molecule has 0 bridgehead atoms. The minimum absolute atomic E-state index is 0.352. The molecule has 1 saturated heterocycles. The zero-order valence-corrected chi connectivity index (χ0v) is 12.6. The zero-order chi connectivity index (χ0) is 15.8. The maximum Gasteiger partial charge on any atom is 0.183 e. The molecule has 118 valence electrons.